The van der Waals surface area contributed by atoms with Gasteiger partial charge in [0.1, 0.15) is 0 Å². The van der Waals surface area contributed by atoms with Crippen molar-refractivity contribution in [1.29, 1.82) is 0 Å². The molecule has 0 saturated heterocycles. The van der Waals surface area contributed by atoms with Crippen LogP contribution in [0.2, 0.25) is 0 Å². The summed E-state index contributed by atoms with van der Waals surface area (Å²) in [4.78, 5) is 30.0. The first kappa shape index (κ1) is 33.0. The molecule has 0 aromatic rings. The number of carboxylic acid groups (broad SMARTS) is 3. The van der Waals surface area contributed by atoms with Gasteiger partial charge in [-0.15, -0.1) is 0 Å². The molecule has 4 N–H and O–H groups in total. The van der Waals surface area contributed by atoms with Crippen LogP contribution in [0, 0.1) is 0 Å². The summed E-state index contributed by atoms with van der Waals surface area (Å²) < 4.78 is 0. The van der Waals surface area contributed by atoms with Gasteiger partial charge in [0, 0.05) is 18.9 Å². The van der Waals surface area contributed by atoms with Crippen LogP contribution in [-0.4, -0.2) is 34.2 Å². The van der Waals surface area contributed by atoms with Crippen molar-refractivity contribution in [1.82, 2.24) is 0 Å². The standard InChI is InChI=1S/C16H32O2.C5H9NO4.Na/c1-2-3-4-5-6-7-8-9-10-11-12-13-14-15-16(17)18;6-3(5(9)10)1-2-4(7)8;/h2-15H2,1H3,(H,17,18);3H,1-2,6H2,(H,7,8)(H,9,10);/q;;+1/p-1/t;3-;/m.0./s1. The van der Waals surface area contributed by atoms with Gasteiger partial charge < -0.3 is 25.8 Å². The topological polar surface area (TPSA) is 141 Å². The normalized spacial score (nSPS) is 11.0. The second-order valence-electron chi connectivity index (χ2n) is 7.24. The van der Waals surface area contributed by atoms with Crippen molar-refractivity contribution in [2.24, 2.45) is 5.73 Å². The van der Waals surface area contributed by atoms with E-state index in [1.807, 2.05) is 0 Å². The third-order valence-corrected chi connectivity index (χ3v) is 4.47. The SMILES string of the molecule is CCCCCCCCCCCCCCCC(=O)O.N[C@@H](CCC(=O)O)C(=O)[O-].[Na+]. The Bertz CT molecular complexity index is 407. The van der Waals surface area contributed by atoms with Crippen LogP contribution >= 0.6 is 0 Å². The minimum atomic E-state index is -1.42. The van der Waals surface area contributed by atoms with Gasteiger partial charge in [-0.2, -0.15) is 0 Å². The molecule has 0 amide bonds. The van der Waals surface area contributed by atoms with Crippen LogP contribution in [0.25, 0.3) is 0 Å². The largest absolute Gasteiger partial charge is 1.00 e. The van der Waals surface area contributed by atoms with Crippen LogP contribution in [0.1, 0.15) is 110 Å². The van der Waals surface area contributed by atoms with Gasteiger partial charge in [0.25, 0.3) is 0 Å². The van der Waals surface area contributed by atoms with Crippen molar-refractivity contribution in [2.45, 2.75) is 116 Å². The zero-order valence-electron chi connectivity index (χ0n) is 18.5. The number of aliphatic carboxylic acids is 3. The fourth-order valence-corrected chi connectivity index (χ4v) is 2.69. The fraction of sp³-hybridized carbons (Fsp3) is 0.857. The van der Waals surface area contributed by atoms with E-state index in [9.17, 15) is 19.5 Å². The van der Waals surface area contributed by atoms with Crippen LogP contribution in [0.15, 0.2) is 0 Å². The maximum absolute atomic E-state index is 10.3. The molecule has 0 radical (unpaired) electrons. The zero-order chi connectivity index (χ0) is 21.6. The Hall–Kier alpha value is -0.630. The Balaban J connectivity index is -0.000000525. The van der Waals surface area contributed by atoms with E-state index >= 15 is 0 Å². The molecule has 0 aromatic carbocycles. The van der Waals surface area contributed by atoms with E-state index in [0.717, 1.165) is 12.8 Å². The molecule has 0 aromatic heterocycles. The molecule has 0 aliphatic heterocycles. The molecule has 1 atom stereocenters. The summed E-state index contributed by atoms with van der Waals surface area (Å²) in [7, 11) is 0. The van der Waals surface area contributed by atoms with Crippen molar-refractivity contribution in [3.8, 4) is 0 Å². The molecular formula is C21H40NNaO6. The molecule has 0 aliphatic rings. The van der Waals surface area contributed by atoms with Gasteiger partial charge in [0.05, 0.1) is 5.97 Å². The van der Waals surface area contributed by atoms with Gasteiger partial charge in [-0.1, -0.05) is 84.0 Å². The Labute approximate surface area is 198 Å². The van der Waals surface area contributed by atoms with Crippen molar-refractivity contribution < 1.29 is 59.3 Å². The van der Waals surface area contributed by atoms with E-state index in [0.29, 0.717) is 6.42 Å². The quantitative estimate of drug-likeness (QED) is 0.214. The number of nitrogens with two attached hydrogens (primary N) is 1. The van der Waals surface area contributed by atoms with E-state index < -0.39 is 23.9 Å². The molecule has 0 unspecified atom stereocenters. The van der Waals surface area contributed by atoms with Gasteiger partial charge in [0.15, 0.2) is 0 Å². The molecule has 166 valence electrons. The van der Waals surface area contributed by atoms with E-state index in [-0.39, 0.29) is 42.4 Å². The van der Waals surface area contributed by atoms with Crippen molar-refractivity contribution in [2.75, 3.05) is 0 Å². The number of unbranched alkanes of at least 4 members (excludes halogenated alkanes) is 12. The zero-order valence-corrected chi connectivity index (χ0v) is 20.5. The molecule has 0 aliphatic carbocycles. The summed E-state index contributed by atoms with van der Waals surface area (Å²) in [6, 6.07) is -1.17. The molecule has 8 heteroatoms. The average molecular weight is 426 g/mol. The Morgan fingerprint density at radius 2 is 1.07 bits per heavy atom. The van der Waals surface area contributed by atoms with Crippen molar-refractivity contribution in [3.05, 3.63) is 0 Å². The molecule has 0 spiro atoms. The van der Waals surface area contributed by atoms with E-state index in [4.69, 9.17) is 15.9 Å². The predicted octanol–water partition coefficient (Wildman–Crippen LogP) is 0.485. The van der Waals surface area contributed by atoms with Crippen LogP contribution in [0.4, 0.5) is 0 Å². The number of hydrogen-bond acceptors (Lipinski definition) is 5. The first-order valence-corrected chi connectivity index (χ1v) is 10.7. The molecule has 29 heavy (non-hydrogen) atoms. The maximum Gasteiger partial charge on any atom is 1.00 e. The monoisotopic (exact) mass is 425 g/mol. The van der Waals surface area contributed by atoms with Crippen LogP contribution in [0.3, 0.4) is 0 Å². The van der Waals surface area contributed by atoms with Gasteiger partial charge in [0.2, 0.25) is 0 Å². The Morgan fingerprint density at radius 1 is 0.724 bits per heavy atom. The van der Waals surface area contributed by atoms with Crippen LogP contribution in [0.5, 0.6) is 0 Å². The number of carbonyl (C=O) groups excluding carboxylic acids is 1. The molecule has 0 bridgehead atoms. The Kier molecular flexibility index (Phi) is 28.9. The minimum absolute atomic E-state index is 0. The Morgan fingerprint density at radius 3 is 1.38 bits per heavy atom. The molecular weight excluding hydrogens is 385 g/mol. The van der Waals surface area contributed by atoms with Gasteiger partial charge >= 0.3 is 41.5 Å². The maximum atomic E-state index is 10.3. The summed E-state index contributed by atoms with van der Waals surface area (Å²) in [5.74, 6) is -3.13. The van der Waals surface area contributed by atoms with Gasteiger partial charge in [-0.05, 0) is 12.8 Å². The molecule has 0 heterocycles. The van der Waals surface area contributed by atoms with E-state index in [1.54, 1.807) is 0 Å². The van der Waals surface area contributed by atoms with Crippen molar-refractivity contribution >= 4 is 17.9 Å². The molecule has 0 fully saturated rings. The second-order valence-corrected chi connectivity index (χ2v) is 7.24. The number of rotatable bonds is 18. The van der Waals surface area contributed by atoms with Crippen molar-refractivity contribution in [3.63, 3.8) is 0 Å². The summed E-state index contributed by atoms with van der Waals surface area (Å²) in [5, 5.41) is 26.4. The summed E-state index contributed by atoms with van der Waals surface area (Å²) in [6.45, 7) is 2.26. The molecule has 0 rings (SSSR count). The van der Waals surface area contributed by atoms with Gasteiger partial charge in [-0.3, -0.25) is 9.59 Å². The first-order valence-electron chi connectivity index (χ1n) is 10.7. The number of carboxylic acids is 3. The molecule has 7 nitrogen and oxygen atoms in total. The summed E-state index contributed by atoms with van der Waals surface area (Å²) in [6.07, 6.45) is 16.9. The minimum Gasteiger partial charge on any atom is -0.548 e. The number of carbonyl (C=O) groups is 3. The smallest absolute Gasteiger partial charge is 0.548 e. The first-order chi connectivity index (χ1) is 13.3. The van der Waals surface area contributed by atoms with E-state index in [2.05, 4.69) is 6.92 Å². The third kappa shape index (κ3) is 32.3. The number of hydrogen-bond donors (Lipinski definition) is 3. The van der Waals surface area contributed by atoms with Crippen LogP contribution < -0.4 is 40.4 Å². The molecule has 0 saturated carbocycles. The van der Waals surface area contributed by atoms with E-state index in [1.165, 1.54) is 70.6 Å². The third-order valence-electron chi connectivity index (χ3n) is 4.47. The van der Waals surface area contributed by atoms with Crippen LogP contribution in [-0.2, 0) is 14.4 Å². The average Bonchev–Trinajstić information content (AvgIpc) is 2.63. The predicted molar refractivity (Wildman–Crippen MR) is 108 cm³/mol. The fourth-order valence-electron chi connectivity index (χ4n) is 2.69. The summed E-state index contributed by atoms with van der Waals surface area (Å²) in [5.41, 5.74) is 4.94. The van der Waals surface area contributed by atoms with Gasteiger partial charge in [-0.25, -0.2) is 0 Å². The second kappa shape index (κ2) is 25.4. The summed E-state index contributed by atoms with van der Waals surface area (Å²) >= 11 is 0.